The molecule has 0 aliphatic carbocycles. The van der Waals surface area contributed by atoms with Crippen molar-refractivity contribution < 1.29 is 9.90 Å². The van der Waals surface area contributed by atoms with Gasteiger partial charge >= 0.3 is 0 Å². The normalized spacial score (nSPS) is 28.0. The Morgan fingerprint density at radius 2 is 2.05 bits per heavy atom. The van der Waals surface area contributed by atoms with Crippen LogP contribution in [0.4, 0.5) is 0 Å². The van der Waals surface area contributed by atoms with Crippen LogP contribution in [0.1, 0.15) is 35.3 Å². The minimum atomic E-state index is -0.420. The first-order chi connectivity index (χ1) is 9.66. The number of nitrogens with one attached hydrogen (secondary N) is 1. The Morgan fingerprint density at radius 1 is 1.30 bits per heavy atom. The molecule has 0 radical (unpaired) electrons. The number of aromatic nitrogens is 1. The summed E-state index contributed by atoms with van der Waals surface area (Å²) in [6.45, 7) is 5.09. The number of piperidine rings is 1. The average molecular weight is 277 g/mol. The molecular weight excluding hydrogens is 254 g/mol. The molecule has 0 saturated carbocycles. The van der Waals surface area contributed by atoms with E-state index in [0.717, 1.165) is 24.3 Å². The molecule has 0 spiro atoms. The van der Waals surface area contributed by atoms with Crippen LogP contribution < -0.4 is 0 Å². The van der Waals surface area contributed by atoms with Gasteiger partial charge in [-0.3, -0.25) is 9.69 Å². The van der Waals surface area contributed by atoms with Crippen molar-refractivity contribution in [1.29, 1.82) is 0 Å². The standard InChI is InChI=1S/C15H23N3O2/c1-11-12(5-6-16-11)15(20)18-9-13(14(19)10-18)17-7-3-2-4-8-17/h5-6,13-14,16,19H,2-4,7-10H2,1H3/t13-,14-/m0/s1. The zero-order valence-electron chi connectivity index (χ0n) is 12.0. The number of nitrogens with zero attached hydrogens (tertiary/aromatic N) is 2. The van der Waals surface area contributed by atoms with Gasteiger partial charge in [-0.1, -0.05) is 6.42 Å². The Kier molecular flexibility index (Phi) is 3.81. The summed E-state index contributed by atoms with van der Waals surface area (Å²) in [5.74, 6) is 0.0299. The van der Waals surface area contributed by atoms with Crippen molar-refractivity contribution in [3.8, 4) is 0 Å². The minimum absolute atomic E-state index is 0.0299. The second-order valence-electron chi connectivity index (χ2n) is 5.96. The molecular formula is C15H23N3O2. The number of aryl methyl sites for hydroxylation is 1. The van der Waals surface area contributed by atoms with Gasteiger partial charge < -0.3 is 15.0 Å². The molecule has 1 amide bonds. The summed E-state index contributed by atoms with van der Waals surface area (Å²) in [6.07, 6.45) is 5.06. The highest BCUT2D eigenvalue weighted by atomic mass is 16.3. The lowest BCUT2D eigenvalue weighted by Gasteiger charge is -2.33. The van der Waals surface area contributed by atoms with E-state index in [0.29, 0.717) is 13.1 Å². The molecule has 2 saturated heterocycles. The summed E-state index contributed by atoms with van der Waals surface area (Å²) in [7, 11) is 0. The number of aromatic amines is 1. The van der Waals surface area contributed by atoms with Gasteiger partial charge in [-0.05, 0) is 38.9 Å². The van der Waals surface area contributed by atoms with Crippen LogP contribution in [0, 0.1) is 6.92 Å². The number of carbonyl (C=O) groups excluding carboxylic acids is 1. The molecule has 3 heterocycles. The highest BCUT2D eigenvalue weighted by molar-refractivity contribution is 5.95. The summed E-state index contributed by atoms with van der Waals surface area (Å²) in [6, 6.07) is 1.93. The number of likely N-dealkylation sites (tertiary alicyclic amines) is 2. The van der Waals surface area contributed by atoms with Crippen LogP contribution >= 0.6 is 0 Å². The highest BCUT2D eigenvalue weighted by Gasteiger charge is 2.38. The number of aliphatic hydroxyl groups is 1. The predicted molar refractivity (Wildman–Crippen MR) is 76.7 cm³/mol. The van der Waals surface area contributed by atoms with Crippen LogP contribution in [0.3, 0.4) is 0 Å². The lowest BCUT2D eigenvalue weighted by atomic mass is 10.1. The van der Waals surface area contributed by atoms with E-state index in [1.54, 1.807) is 11.1 Å². The Bertz CT molecular complexity index is 479. The van der Waals surface area contributed by atoms with Crippen molar-refractivity contribution in [3.63, 3.8) is 0 Å². The average Bonchev–Trinajstić information content (AvgIpc) is 3.05. The van der Waals surface area contributed by atoms with Crippen molar-refractivity contribution in [2.75, 3.05) is 26.2 Å². The second kappa shape index (κ2) is 5.58. The lowest BCUT2D eigenvalue weighted by molar-refractivity contribution is 0.0702. The van der Waals surface area contributed by atoms with Crippen molar-refractivity contribution in [3.05, 3.63) is 23.5 Å². The zero-order chi connectivity index (χ0) is 14.1. The number of aliphatic hydroxyl groups excluding tert-OH is 1. The molecule has 0 bridgehead atoms. The highest BCUT2D eigenvalue weighted by Crippen LogP contribution is 2.22. The molecule has 1 aromatic heterocycles. The third-order valence-corrected chi connectivity index (χ3v) is 4.59. The second-order valence-corrected chi connectivity index (χ2v) is 5.96. The van der Waals surface area contributed by atoms with Crippen molar-refractivity contribution in [1.82, 2.24) is 14.8 Å². The van der Waals surface area contributed by atoms with Crippen LogP contribution in [-0.2, 0) is 0 Å². The number of hydrogen-bond acceptors (Lipinski definition) is 3. The number of carbonyl (C=O) groups is 1. The number of hydrogen-bond donors (Lipinski definition) is 2. The summed E-state index contributed by atoms with van der Waals surface area (Å²) < 4.78 is 0. The van der Waals surface area contributed by atoms with Crippen molar-refractivity contribution in [2.45, 2.75) is 38.3 Å². The SMILES string of the molecule is Cc1[nH]ccc1C(=O)N1C[C@H](O)[C@@H](N2CCCCC2)C1. The van der Waals surface area contributed by atoms with Crippen LogP contribution in [-0.4, -0.2) is 64.1 Å². The lowest BCUT2D eigenvalue weighted by Crippen LogP contribution is -2.46. The van der Waals surface area contributed by atoms with E-state index in [4.69, 9.17) is 0 Å². The fourth-order valence-corrected chi connectivity index (χ4v) is 3.40. The minimum Gasteiger partial charge on any atom is -0.390 e. The zero-order valence-corrected chi connectivity index (χ0v) is 12.0. The van der Waals surface area contributed by atoms with Crippen molar-refractivity contribution in [2.24, 2.45) is 0 Å². The van der Waals surface area contributed by atoms with Gasteiger partial charge in [0.2, 0.25) is 0 Å². The molecule has 2 aliphatic rings. The molecule has 0 aromatic carbocycles. The van der Waals surface area contributed by atoms with Gasteiger partial charge in [-0.15, -0.1) is 0 Å². The van der Waals surface area contributed by atoms with Gasteiger partial charge in [0.15, 0.2) is 0 Å². The number of rotatable bonds is 2. The van der Waals surface area contributed by atoms with Gasteiger partial charge in [0.05, 0.1) is 17.7 Å². The third-order valence-electron chi connectivity index (χ3n) is 4.59. The molecule has 5 nitrogen and oxygen atoms in total. The maximum atomic E-state index is 12.5. The number of β-amino-alcohol motifs (C(OH)–C–C–N with tert-alkyl or cyclic N) is 1. The smallest absolute Gasteiger partial charge is 0.255 e. The Hall–Kier alpha value is -1.33. The maximum Gasteiger partial charge on any atom is 0.255 e. The van der Waals surface area contributed by atoms with E-state index in [9.17, 15) is 9.90 Å². The largest absolute Gasteiger partial charge is 0.390 e. The van der Waals surface area contributed by atoms with E-state index in [1.165, 1.54) is 19.3 Å². The first kappa shape index (κ1) is 13.6. The van der Waals surface area contributed by atoms with Gasteiger partial charge in [0, 0.05) is 25.0 Å². The van der Waals surface area contributed by atoms with E-state index in [2.05, 4.69) is 9.88 Å². The Balaban J connectivity index is 1.68. The first-order valence-electron chi connectivity index (χ1n) is 7.52. The topological polar surface area (TPSA) is 59.6 Å². The molecule has 3 rings (SSSR count). The fourth-order valence-electron chi connectivity index (χ4n) is 3.40. The molecule has 1 aromatic rings. The first-order valence-corrected chi connectivity index (χ1v) is 7.52. The van der Waals surface area contributed by atoms with Gasteiger partial charge in [-0.25, -0.2) is 0 Å². The molecule has 5 heteroatoms. The quantitative estimate of drug-likeness (QED) is 0.847. The molecule has 110 valence electrons. The summed E-state index contributed by atoms with van der Waals surface area (Å²) >= 11 is 0. The van der Waals surface area contributed by atoms with Gasteiger partial charge in [0.25, 0.3) is 5.91 Å². The molecule has 2 aliphatic heterocycles. The fraction of sp³-hybridized carbons (Fsp3) is 0.667. The number of H-pyrrole nitrogens is 1. The summed E-state index contributed by atoms with van der Waals surface area (Å²) in [5.41, 5.74) is 1.61. The molecule has 0 unspecified atom stereocenters. The van der Waals surface area contributed by atoms with E-state index >= 15 is 0 Å². The van der Waals surface area contributed by atoms with Crippen LogP contribution in [0.25, 0.3) is 0 Å². The summed E-state index contributed by atoms with van der Waals surface area (Å²) in [5, 5.41) is 10.3. The molecule has 2 fully saturated rings. The monoisotopic (exact) mass is 277 g/mol. The van der Waals surface area contributed by atoms with Crippen LogP contribution in [0.5, 0.6) is 0 Å². The molecule has 20 heavy (non-hydrogen) atoms. The number of amides is 1. The molecule has 2 atom stereocenters. The Morgan fingerprint density at radius 3 is 2.70 bits per heavy atom. The van der Waals surface area contributed by atoms with Crippen LogP contribution in [0.2, 0.25) is 0 Å². The van der Waals surface area contributed by atoms with E-state index < -0.39 is 6.10 Å². The van der Waals surface area contributed by atoms with E-state index in [-0.39, 0.29) is 11.9 Å². The third kappa shape index (κ3) is 2.47. The van der Waals surface area contributed by atoms with Crippen LogP contribution in [0.15, 0.2) is 12.3 Å². The van der Waals surface area contributed by atoms with Gasteiger partial charge in [-0.2, -0.15) is 0 Å². The summed E-state index contributed by atoms with van der Waals surface area (Å²) in [4.78, 5) is 19.7. The Labute approximate surface area is 119 Å². The molecule has 2 N–H and O–H groups in total. The van der Waals surface area contributed by atoms with Gasteiger partial charge in [0.1, 0.15) is 0 Å². The van der Waals surface area contributed by atoms with E-state index in [1.807, 2.05) is 13.0 Å². The van der Waals surface area contributed by atoms with Crippen molar-refractivity contribution >= 4 is 5.91 Å². The predicted octanol–water partition coefficient (Wildman–Crippen LogP) is 0.994. The maximum absolute atomic E-state index is 12.5.